The molecule has 5 amide bonds. The third kappa shape index (κ3) is 21.9. The number of nitrogens with one attached hydrogen (secondary N) is 2. The van der Waals surface area contributed by atoms with Crippen molar-refractivity contribution in [2.75, 3.05) is 77.9 Å². The number of H-pyrrole nitrogens is 1. The first-order chi connectivity index (χ1) is 54.5. The zero-order chi connectivity index (χ0) is 82.0. The molecule has 28 nitrogen and oxygen atoms in total. The van der Waals surface area contributed by atoms with Crippen LogP contribution in [0.3, 0.4) is 0 Å². The third-order valence-corrected chi connectivity index (χ3v) is 22.6. The van der Waals surface area contributed by atoms with E-state index >= 15 is 0 Å². The monoisotopic (exact) mass is 1560 g/mol. The van der Waals surface area contributed by atoms with E-state index in [1.165, 1.54) is 28.3 Å². The Morgan fingerprint density at radius 1 is 0.465 bits per heavy atom. The Kier molecular flexibility index (Phi) is 29.0. The average Bonchev–Trinajstić information content (AvgIpc) is 1.30. The second-order valence-electron chi connectivity index (χ2n) is 30.1. The third-order valence-electron chi connectivity index (χ3n) is 22.6. The van der Waals surface area contributed by atoms with Gasteiger partial charge in [-0.2, -0.15) is 0 Å². The fraction of sp³-hybridized carbons (Fsp3) is 0.430. The number of ketones is 3. The first kappa shape index (κ1) is 84.6. The van der Waals surface area contributed by atoms with Gasteiger partial charge in [-0.15, -0.1) is 0 Å². The van der Waals surface area contributed by atoms with Crippen molar-refractivity contribution in [1.82, 2.24) is 62.7 Å². The Morgan fingerprint density at radius 2 is 0.912 bits per heavy atom. The van der Waals surface area contributed by atoms with Crippen molar-refractivity contribution in [1.29, 1.82) is 0 Å². The SMILES string of the molecule is CC(=O)N1CCC(C(=O)c2ccc(=O)[nH]c2)CC1.CC(=O)N1CCC(C(=O)c2ccc(=O)n(C)c2)CC1.CC(=O)N1CCC(C(N)c2ccc(=O)n(C)c2)CC1.CC(=O)N1CCC(C(Nc2cc(-c3ccc4ccn(C)c4c3)c3nccnc3c2)c2ccc(=O)n(C)c2)CC1.COc1ccc(C(=O)C2CCN(C(C)=O)CC2)cn1. The zero-order valence-electron chi connectivity index (χ0n) is 66.8. The summed E-state index contributed by atoms with van der Waals surface area (Å²) in [5.74, 6) is 1.74. The molecule has 602 valence electrons. The van der Waals surface area contributed by atoms with Crippen LogP contribution in [0.5, 0.6) is 5.88 Å². The lowest BCUT2D eigenvalue weighted by Gasteiger charge is -2.37. The van der Waals surface area contributed by atoms with Gasteiger partial charge in [0, 0.05) is 265 Å². The molecule has 0 bridgehead atoms. The number of nitrogens with two attached hydrogens (primary N) is 1. The molecule has 5 aliphatic heterocycles. The standard InChI is InChI=1S/C31H32N6O2.C14H21N3O2.2C14H18N2O3.C13H16N2O3/c1-20(38)37-14-9-22(10-15-37)30(24-6-7-29(39)36(3)19-24)34-25-17-26(31-27(18-25)32-11-12-33-31)23-5-4-21-8-13-35(2)28(21)16-23;1-10(18)17-7-5-11(6-8-17)14(15)12-3-4-13(19)16(2)9-12;1-10(17)16-7-5-11(6-8-16)14(18)12-3-4-13(19-2)15-9-12;1-10(17)16-7-5-11(6-8-16)14(19)12-3-4-13(18)15(2)9-12;1-9(16)15-6-4-10(5-7-15)13(18)11-2-3-12(17)14-8-11/h4-8,11-13,16-19,22,30,34H,9-10,14-15H2,1-3H3;3-4,9,11,14H,5-8,15H2,1-2H3;2*3-4,9,11H,5-8H2,1-2H3;2-3,8,10H,4-7H2,1H3,(H,14,17). The van der Waals surface area contributed by atoms with E-state index in [1.807, 2.05) is 40.4 Å². The Morgan fingerprint density at radius 3 is 1.39 bits per heavy atom. The molecule has 2 unspecified atom stereocenters. The molecule has 7 aromatic heterocycles. The molecule has 114 heavy (non-hydrogen) atoms. The van der Waals surface area contributed by atoms with Crippen LogP contribution in [0, 0.1) is 29.6 Å². The summed E-state index contributed by atoms with van der Waals surface area (Å²) in [5, 5.41) is 5.00. The van der Waals surface area contributed by atoms with Gasteiger partial charge in [-0.25, -0.2) is 4.98 Å². The zero-order valence-corrected chi connectivity index (χ0v) is 66.8. The molecule has 5 saturated heterocycles. The molecule has 28 heteroatoms. The molecule has 9 aromatic rings. The first-order valence-electron chi connectivity index (χ1n) is 39.0. The number of hydrogen-bond donors (Lipinski definition) is 3. The van der Waals surface area contributed by atoms with Crippen molar-refractivity contribution >= 4 is 74.5 Å². The summed E-state index contributed by atoms with van der Waals surface area (Å²) in [7, 11) is 8.75. The number of Topliss-reactive ketones (excluding diaryl/α,β-unsaturated/α-hetero) is 3. The fourth-order valence-corrected chi connectivity index (χ4v) is 15.5. The van der Waals surface area contributed by atoms with Crippen molar-refractivity contribution in [3.8, 4) is 17.0 Å². The number of anilines is 1. The molecule has 2 aromatic carbocycles. The number of likely N-dealkylation sites (tertiary alicyclic amines) is 5. The number of carbonyl (C=O) groups excluding carboxylic acids is 8. The number of fused-ring (bicyclic) bond motifs is 2. The van der Waals surface area contributed by atoms with Crippen LogP contribution in [0.4, 0.5) is 5.69 Å². The van der Waals surface area contributed by atoms with Crippen LogP contribution in [-0.2, 0) is 52.2 Å². The molecule has 0 saturated carbocycles. The Balaban J connectivity index is 0.000000158. The van der Waals surface area contributed by atoms with Gasteiger partial charge in [0.2, 0.25) is 57.7 Å². The number of methoxy groups -OCH3 is 1. The summed E-state index contributed by atoms with van der Waals surface area (Å²) >= 11 is 0. The molecule has 0 aliphatic carbocycles. The molecule has 4 N–H and O–H groups in total. The number of hydrogen-bond acceptors (Lipinski definition) is 18. The van der Waals surface area contributed by atoms with Gasteiger partial charge in [-0.3, -0.25) is 67.5 Å². The fourth-order valence-electron chi connectivity index (χ4n) is 15.5. The van der Waals surface area contributed by atoms with Gasteiger partial charge in [0.1, 0.15) is 0 Å². The topological polar surface area (TPSA) is 342 Å². The second kappa shape index (κ2) is 39.1. The largest absolute Gasteiger partial charge is 0.481 e. The van der Waals surface area contributed by atoms with Gasteiger partial charge in [0.15, 0.2) is 17.3 Å². The average molecular weight is 1560 g/mol. The summed E-state index contributed by atoms with van der Waals surface area (Å²) in [6, 6.07) is 28.9. The maximum Gasteiger partial charge on any atom is 0.250 e. The minimum absolute atomic E-state index is 0.00852. The molecule has 14 rings (SSSR count). The van der Waals surface area contributed by atoms with Crippen LogP contribution >= 0.6 is 0 Å². The summed E-state index contributed by atoms with van der Waals surface area (Å²) in [4.78, 5) is 164. The normalized spacial score (nSPS) is 16.3. The van der Waals surface area contributed by atoms with Crippen LogP contribution in [0.25, 0.3) is 33.1 Å². The van der Waals surface area contributed by atoms with Gasteiger partial charge in [-0.05, 0) is 141 Å². The number of carbonyl (C=O) groups is 8. The number of ether oxygens (including phenoxy) is 1. The van der Waals surface area contributed by atoms with E-state index in [0.717, 1.165) is 109 Å². The quantitative estimate of drug-likeness (QED) is 0.0856. The number of aryl methyl sites for hydroxylation is 4. The molecule has 0 radical (unpaired) electrons. The van der Waals surface area contributed by atoms with E-state index in [1.54, 1.807) is 148 Å². The van der Waals surface area contributed by atoms with Crippen LogP contribution in [-0.4, -0.2) is 182 Å². The Hall–Kier alpha value is -11.8. The second-order valence-corrected chi connectivity index (χ2v) is 30.1. The van der Waals surface area contributed by atoms with E-state index in [9.17, 15) is 57.5 Å². The predicted octanol–water partition coefficient (Wildman–Crippen LogP) is 8.72. The van der Waals surface area contributed by atoms with E-state index in [0.29, 0.717) is 99.4 Å². The number of benzene rings is 2. The van der Waals surface area contributed by atoms with Gasteiger partial charge >= 0.3 is 0 Å². The summed E-state index contributed by atoms with van der Waals surface area (Å²) in [6.45, 7) is 14.8. The van der Waals surface area contributed by atoms with Crippen molar-refractivity contribution in [3.63, 3.8) is 0 Å². The van der Waals surface area contributed by atoms with Gasteiger partial charge in [-0.1, -0.05) is 24.3 Å². The van der Waals surface area contributed by atoms with Gasteiger partial charge in [0.05, 0.1) is 24.2 Å². The molecule has 0 spiro atoms. The minimum atomic E-state index is -0.210. The molecule has 12 heterocycles. The Labute approximate surface area is 662 Å². The number of rotatable bonds is 14. The number of piperidine rings is 5. The van der Waals surface area contributed by atoms with Crippen molar-refractivity contribution in [2.24, 2.45) is 63.5 Å². The number of nitrogens with zero attached hydrogens (tertiary/aromatic N) is 12. The lowest BCUT2D eigenvalue weighted by atomic mass is 9.85. The van der Waals surface area contributed by atoms with Crippen molar-refractivity contribution in [3.05, 3.63) is 216 Å². The highest BCUT2D eigenvalue weighted by molar-refractivity contribution is 6.00. The number of amides is 5. The number of aromatic amines is 1. The van der Waals surface area contributed by atoms with Gasteiger partial charge < -0.3 is 63.5 Å². The number of aromatic nitrogens is 8. The van der Waals surface area contributed by atoms with E-state index < -0.39 is 0 Å². The molecular weight excluding hydrogens is 1450 g/mol. The first-order valence-corrected chi connectivity index (χ1v) is 39.0. The lowest BCUT2D eigenvalue weighted by molar-refractivity contribution is -0.131. The molecular formula is C86H105N15O13. The molecule has 5 fully saturated rings. The van der Waals surface area contributed by atoms with E-state index in [4.69, 9.17) is 10.5 Å². The highest BCUT2D eigenvalue weighted by Gasteiger charge is 2.33. The maximum absolute atomic E-state index is 12.3. The van der Waals surface area contributed by atoms with Crippen LogP contribution in [0.1, 0.15) is 153 Å². The van der Waals surface area contributed by atoms with Crippen LogP contribution < -0.4 is 38.0 Å². The summed E-state index contributed by atoms with van der Waals surface area (Å²) in [6.07, 6.45) is 21.7. The molecule has 2 atom stereocenters. The van der Waals surface area contributed by atoms with Crippen LogP contribution in [0.15, 0.2) is 166 Å². The van der Waals surface area contributed by atoms with Gasteiger partial charge in [0.25, 0.3) is 0 Å². The summed E-state index contributed by atoms with van der Waals surface area (Å²) < 4.78 is 11.7. The minimum Gasteiger partial charge on any atom is -0.481 e. The van der Waals surface area contributed by atoms with Crippen molar-refractivity contribution in [2.45, 2.75) is 111 Å². The van der Waals surface area contributed by atoms with Crippen molar-refractivity contribution < 1.29 is 43.1 Å². The van der Waals surface area contributed by atoms with Crippen LogP contribution in [0.2, 0.25) is 0 Å². The van der Waals surface area contributed by atoms with E-state index in [2.05, 4.69) is 73.4 Å². The predicted molar refractivity (Wildman–Crippen MR) is 436 cm³/mol. The summed E-state index contributed by atoms with van der Waals surface area (Å²) in [5.41, 5.74) is 15.5. The lowest BCUT2D eigenvalue weighted by Crippen LogP contribution is -2.40. The maximum atomic E-state index is 12.3. The Bertz CT molecular complexity index is 5160. The molecule has 5 aliphatic rings. The van der Waals surface area contributed by atoms with E-state index in [-0.39, 0.29) is 99.0 Å². The highest BCUT2D eigenvalue weighted by Crippen LogP contribution is 2.38. The number of pyridine rings is 5. The highest BCUT2D eigenvalue weighted by atomic mass is 16.5. The smallest absolute Gasteiger partial charge is 0.250 e.